The Morgan fingerprint density at radius 2 is 1.52 bits per heavy atom. The molecule has 29 heavy (non-hydrogen) atoms. The van der Waals surface area contributed by atoms with Gasteiger partial charge in [0.2, 0.25) is 5.78 Å². The Hall–Kier alpha value is -2.53. The first-order valence-corrected chi connectivity index (χ1v) is 7.91. The zero-order chi connectivity index (χ0) is 22.4. The molecule has 160 valence electrons. The normalized spacial score (nSPS) is 14.7. The van der Waals surface area contributed by atoms with Crippen LogP contribution in [0.25, 0.3) is 5.69 Å². The maximum atomic E-state index is 14.1. The topological polar surface area (TPSA) is 34.9 Å². The van der Waals surface area contributed by atoms with E-state index in [1.807, 2.05) is 0 Å². The second kappa shape index (κ2) is 7.06. The third-order valence-electron chi connectivity index (χ3n) is 4.34. The Bertz CT molecular complexity index is 902. The van der Waals surface area contributed by atoms with E-state index in [-0.39, 0.29) is 12.6 Å². The summed E-state index contributed by atoms with van der Waals surface area (Å²) in [5.74, 6) is -25.9. The van der Waals surface area contributed by atoms with E-state index in [1.165, 1.54) is 12.1 Å². The average Bonchev–Trinajstić information content (AvgIpc) is 3.08. The second-order valence-corrected chi connectivity index (χ2v) is 6.26. The summed E-state index contributed by atoms with van der Waals surface area (Å²) in [6.45, 7) is 1.71. The number of nitrogens with zero attached hydrogens (tertiary/aromatic N) is 2. The molecule has 0 unspecified atom stereocenters. The SMILES string of the molecule is Cc1ccccc1-n1ccnc1C(=O)[C@@H](C)C(F)(F)C(F)(F)C(F)(F)C(F)(F)F. The molecule has 0 aliphatic heterocycles. The lowest BCUT2D eigenvalue weighted by atomic mass is 9.89. The molecule has 1 atom stereocenters. The van der Waals surface area contributed by atoms with Gasteiger partial charge in [0.1, 0.15) is 0 Å². The summed E-state index contributed by atoms with van der Waals surface area (Å²) < 4.78 is 119. The highest BCUT2D eigenvalue weighted by Gasteiger charge is 2.83. The first kappa shape index (κ1) is 22.8. The number of rotatable bonds is 6. The maximum Gasteiger partial charge on any atom is 0.460 e. The van der Waals surface area contributed by atoms with E-state index < -0.39 is 41.5 Å². The number of aryl methyl sites for hydroxylation is 1. The number of benzene rings is 1. The molecule has 1 aromatic carbocycles. The van der Waals surface area contributed by atoms with Crippen molar-refractivity contribution in [3.8, 4) is 5.69 Å². The van der Waals surface area contributed by atoms with Gasteiger partial charge in [0.25, 0.3) is 0 Å². The quantitative estimate of drug-likeness (QED) is 0.449. The minimum Gasteiger partial charge on any atom is -0.297 e. The minimum atomic E-state index is -7.07. The predicted octanol–water partition coefficient (Wildman–Crippen LogP) is 5.47. The fourth-order valence-electron chi connectivity index (χ4n) is 2.53. The zero-order valence-electron chi connectivity index (χ0n) is 14.7. The molecule has 0 bridgehead atoms. The standard InChI is InChI=1S/C17H13F9N2O/c1-9-5-3-4-6-11(9)28-8-7-27-13(28)12(29)10(2)14(18,19)15(20,21)16(22,23)17(24,25)26/h3-8,10H,1-2H3/t10-/m1/s1. The van der Waals surface area contributed by atoms with Crippen molar-refractivity contribution < 1.29 is 44.3 Å². The molecule has 12 heteroatoms. The molecule has 1 heterocycles. The third-order valence-corrected chi connectivity index (χ3v) is 4.34. The lowest BCUT2D eigenvalue weighted by Crippen LogP contribution is -2.63. The van der Waals surface area contributed by atoms with Gasteiger partial charge >= 0.3 is 23.9 Å². The summed E-state index contributed by atoms with van der Waals surface area (Å²) >= 11 is 0. The van der Waals surface area contributed by atoms with Crippen LogP contribution >= 0.6 is 0 Å². The number of hydrogen-bond donors (Lipinski definition) is 0. The number of halogens is 9. The number of para-hydroxylation sites is 1. The molecule has 1 aromatic heterocycles. The minimum absolute atomic E-state index is 0.138. The summed E-state index contributed by atoms with van der Waals surface area (Å²) in [6.07, 6.45) is -4.86. The van der Waals surface area contributed by atoms with Gasteiger partial charge in [-0.25, -0.2) is 4.98 Å². The second-order valence-electron chi connectivity index (χ2n) is 6.26. The summed E-state index contributed by atoms with van der Waals surface area (Å²) in [5.41, 5.74) is 0.768. The van der Waals surface area contributed by atoms with Gasteiger partial charge in [-0.3, -0.25) is 9.36 Å². The number of Topliss-reactive ketones (excluding diaryl/α,β-unsaturated/α-hetero) is 1. The molecule has 0 radical (unpaired) electrons. The molecule has 2 aromatic rings. The largest absolute Gasteiger partial charge is 0.460 e. The van der Waals surface area contributed by atoms with Crippen LogP contribution in [0.5, 0.6) is 0 Å². The van der Waals surface area contributed by atoms with Crippen molar-refractivity contribution in [2.75, 3.05) is 0 Å². The van der Waals surface area contributed by atoms with Gasteiger partial charge in [0.05, 0.1) is 11.6 Å². The number of carbonyl (C=O) groups excluding carboxylic acids is 1. The number of alkyl halides is 9. The molecule has 2 rings (SSSR count). The number of carbonyl (C=O) groups is 1. The zero-order valence-corrected chi connectivity index (χ0v) is 14.7. The van der Waals surface area contributed by atoms with Gasteiger partial charge in [-0.2, -0.15) is 39.5 Å². The Morgan fingerprint density at radius 1 is 0.966 bits per heavy atom. The lowest BCUT2D eigenvalue weighted by molar-refractivity contribution is -0.400. The molecule has 0 fully saturated rings. The average molecular weight is 432 g/mol. The Morgan fingerprint density at radius 3 is 2.03 bits per heavy atom. The molecular formula is C17H13F9N2O. The summed E-state index contributed by atoms with van der Waals surface area (Å²) in [5, 5.41) is 0. The van der Waals surface area contributed by atoms with Crippen LogP contribution < -0.4 is 0 Å². The summed E-state index contributed by atoms with van der Waals surface area (Å²) in [4.78, 5) is 15.8. The molecule has 0 amide bonds. The van der Waals surface area contributed by atoms with Gasteiger partial charge in [-0.05, 0) is 25.5 Å². The van der Waals surface area contributed by atoms with Gasteiger partial charge in [-0.15, -0.1) is 0 Å². The number of aromatic nitrogens is 2. The van der Waals surface area contributed by atoms with E-state index in [0.717, 1.165) is 17.0 Å². The molecule has 3 nitrogen and oxygen atoms in total. The van der Waals surface area contributed by atoms with Gasteiger partial charge < -0.3 is 0 Å². The van der Waals surface area contributed by atoms with Crippen molar-refractivity contribution in [2.45, 2.75) is 37.8 Å². The van der Waals surface area contributed by atoms with Crippen LogP contribution in [0.15, 0.2) is 36.7 Å². The van der Waals surface area contributed by atoms with Crippen molar-refractivity contribution in [1.29, 1.82) is 0 Å². The predicted molar refractivity (Wildman–Crippen MR) is 82.7 cm³/mol. The molecule has 0 aliphatic rings. The monoisotopic (exact) mass is 432 g/mol. The van der Waals surface area contributed by atoms with E-state index in [2.05, 4.69) is 4.98 Å². The van der Waals surface area contributed by atoms with Crippen LogP contribution in [0.1, 0.15) is 23.1 Å². The van der Waals surface area contributed by atoms with Crippen LogP contribution in [0.4, 0.5) is 39.5 Å². The van der Waals surface area contributed by atoms with Gasteiger partial charge in [-0.1, -0.05) is 18.2 Å². The van der Waals surface area contributed by atoms with E-state index in [9.17, 15) is 44.3 Å². The lowest BCUT2D eigenvalue weighted by Gasteiger charge is -2.35. The summed E-state index contributed by atoms with van der Waals surface area (Å²) in [7, 11) is 0. The highest BCUT2D eigenvalue weighted by atomic mass is 19.4. The van der Waals surface area contributed by atoms with E-state index in [1.54, 1.807) is 19.1 Å². The van der Waals surface area contributed by atoms with Gasteiger partial charge in [0.15, 0.2) is 5.82 Å². The Kier molecular flexibility index (Phi) is 5.54. The fraction of sp³-hybridized carbons (Fsp3) is 0.412. The van der Waals surface area contributed by atoms with Crippen LogP contribution in [-0.4, -0.2) is 39.3 Å². The van der Waals surface area contributed by atoms with Crippen LogP contribution in [0, 0.1) is 12.8 Å². The van der Waals surface area contributed by atoms with Crippen LogP contribution in [0.2, 0.25) is 0 Å². The molecule has 0 spiro atoms. The Labute approximate surface area is 158 Å². The highest BCUT2D eigenvalue weighted by molar-refractivity contribution is 5.96. The van der Waals surface area contributed by atoms with E-state index in [0.29, 0.717) is 5.56 Å². The molecule has 0 saturated heterocycles. The number of imidazole rings is 1. The van der Waals surface area contributed by atoms with E-state index in [4.69, 9.17) is 0 Å². The number of hydrogen-bond acceptors (Lipinski definition) is 2. The van der Waals surface area contributed by atoms with Crippen molar-refractivity contribution in [1.82, 2.24) is 9.55 Å². The van der Waals surface area contributed by atoms with Gasteiger partial charge in [0, 0.05) is 12.4 Å². The van der Waals surface area contributed by atoms with Crippen molar-refractivity contribution >= 4 is 5.78 Å². The van der Waals surface area contributed by atoms with E-state index >= 15 is 0 Å². The van der Waals surface area contributed by atoms with Crippen molar-refractivity contribution in [3.05, 3.63) is 48.0 Å². The van der Waals surface area contributed by atoms with Crippen LogP contribution in [-0.2, 0) is 0 Å². The first-order valence-electron chi connectivity index (χ1n) is 7.91. The molecule has 0 aliphatic carbocycles. The number of ketones is 1. The van der Waals surface area contributed by atoms with Crippen molar-refractivity contribution in [3.63, 3.8) is 0 Å². The highest BCUT2D eigenvalue weighted by Crippen LogP contribution is 2.55. The fourth-order valence-corrected chi connectivity index (χ4v) is 2.53. The molecule has 0 N–H and O–H groups in total. The van der Waals surface area contributed by atoms with Crippen molar-refractivity contribution in [2.24, 2.45) is 5.92 Å². The molecule has 0 saturated carbocycles. The molecular weight excluding hydrogens is 419 g/mol. The first-order chi connectivity index (χ1) is 13.1. The summed E-state index contributed by atoms with van der Waals surface area (Å²) in [6, 6.07) is 6.11. The Balaban J connectivity index is 2.48. The smallest absolute Gasteiger partial charge is 0.297 e. The van der Waals surface area contributed by atoms with Crippen LogP contribution in [0.3, 0.4) is 0 Å². The maximum absolute atomic E-state index is 14.1. The third kappa shape index (κ3) is 3.48.